The summed E-state index contributed by atoms with van der Waals surface area (Å²) in [6.07, 6.45) is 6.22. The number of nitrogens with zero attached hydrogens (tertiary/aromatic N) is 4. The predicted octanol–water partition coefficient (Wildman–Crippen LogP) is 2.97. The van der Waals surface area contributed by atoms with E-state index in [1.54, 1.807) is 18.7 Å². The van der Waals surface area contributed by atoms with Gasteiger partial charge in [0.05, 0.1) is 0 Å². The third kappa shape index (κ3) is 2.90. The molecule has 1 aliphatic heterocycles. The van der Waals surface area contributed by atoms with Gasteiger partial charge in [0.15, 0.2) is 0 Å². The highest BCUT2D eigenvalue weighted by Crippen LogP contribution is 2.24. The first-order valence-electron chi connectivity index (χ1n) is 7.89. The fourth-order valence-corrected chi connectivity index (χ4v) is 2.69. The van der Waals surface area contributed by atoms with Gasteiger partial charge >= 0.3 is 0 Å². The molecule has 1 fully saturated rings. The maximum absolute atomic E-state index is 11.3. The van der Waals surface area contributed by atoms with E-state index in [0.717, 1.165) is 11.1 Å². The fourth-order valence-electron chi connectivity index (χ4n) is 2.69. The number of anilines is 1. The molecule has 4 rings (SSSR count). The summed E-state index contributed by atoms with van der Waals surface area (Å²) in [7, 11) is 0. The first-order chi connectivity index (χ1) is 11.8. The number of Topliss-reactive ketones (excluding diaryl/α,β-unsaturated/α-hetero) is 1. The van der Waals surface area contributed by atoms with E-state index in [0.29, 0.717) is 49.2 Å². The molecule has 0 aliphatic carbocycles. The van der Waals surface area contributed by atoms with Gasteiger partial charge < -0.3 is 9.32 Å². The van der Waals surface area contributed by atoms with Gasteiger partial charge in [0.25, 0.3) is 0 Å². The van der Waals surface area contributed by atoms with E-state index in [1.165, 1.54) is 0 Å². The first-order valence-corrected chi connectivity index (χ1v) is 7.89. The van der Waals surface area contributed by atoms with Gasteiger partial charge in [0, 0.05) is 49.5 Å². The van der Waals surface area contributed by atoms with Crippen molar-refractivity contribution in [3.8, 4) is 22.7 Å². The monoisotopic (exact) mass is 320 g/mol. The topological polar surface area (TPSA) is 72.1 Å². The number of rotatable bonds is 3. The van der Waals surface area contributed by atoms with E-state index in [4.69, 9.17) is 4.42 Å². The average molecular weight is 320 g/mol. The van der Waals surface area contributed by atoms with Crippen LogP contribution in [0.25, 0.3) is 22.7 Å². The van der Waals surface area contributed by atoms with Crippen LogP contribution in [-0.4, -0.2) is 33.8 Å². The van der Waals surface area contributed by atoms with Gasteiger partial charge in [-0.25, -0.2) is 15.0 Å². The van der Waals surface area contributed by atoms with Crippen LogP contribution in [0.15, 0.2) is 53.4 Å². The molecule has 0 bridgehead atoms. The van der Waals surface area contributed by atoms with Crippen LogP contribution in [0.5, 0.6) is 0 Å². The van der Waals surface area contributed by atoms with Crippen molar-refractivity contribution in [3.05, 3.63) is 49.0 Å². The summed E-state index contributed by atoms with van der Waals surface area (Å²) >= 11 is 0. The second kappa shape index (κ2) is 6.23. The zero-order valence-corrected chi connectivity index (χ0v) is 13.1. The molecule has 6 nitrogen and oxygen atoms in total. The Hall–Kier alpha value is -3.02. The molecule has 3 aromatic rings. The molecule has 2 aromatic heterocycles. The largest absolute Gasteiger partial charge is 0.444 e. The second-order valence-corrected chi connectivity index (χ2v) is 5.70. The highest BCUT2D eigenvalue weighted by molar-refractivity contribution is 5.80. The van der Waals surface area contributed by atoms with Crippen LogP contribution < -0.4 is 4.90 Å². The van der Waals surface area contributed by atoms with Gasteiger partial charge in [-0.1, -0.05) is 18.2 Å². The molecule has 1 aliphatic rings. The Morgan fingerprint density at radius 1 is 0.958 bits per heavy atom. The van der Waals surface area contributed by atoms with E-state index < -0.39 is 0 Å². The van der Waals surface area contributed by atoms with E-state index >= 15 is 0 Å². The summed E-state index contributed by atoms with van der Waals surface area (Å²) in [6, 6.07) is 9.74. The number of carbonyl (C=O) groups is 1. The Morgan fingerprint density at radius 2 is 1.67 bits per heavy atom. The van der Waals surface area contributed by atoms with E-state index in [1.807, 2.05) is 35.2 Å². The lowest BCUT2D eigenvalue weighted by atomic mass is 10.1. The number of hydrogen-bond acceptors (Lipinski definition) is 6. The van der Waals surface area contributed by atoms with Crippen LogP contribution in [-0.2, 0) is 4.79 Å². The number of aromatic nitrogens is 3. The first kappa shape index (κ1) is 14.6. The van der Waals surface area contributed by atoms with Crippen molar-refractivity contribution in [3.63, 3.8) is 0 Å². The molecule has 0 N–H and O–H groups in total. The van der Waals surface area contributed by atoms with Crippen molar-refractivity contribution in [1.29, 1.82) is 0 Å². The maximum Gasteiger partial charge on any atom is 0.226 e. The van der Waals surface area contributed by atoms with Gasteiger partial charge in [0.1, 0.15) is 17.7 Å². The third-order valence-electron chi connectivity index (χ3n) is 4.06. The van der Waals surface area contributed by atoms with Crippen LogP contribution in [0, 0.1) is 0 Å². The average Bonchev–Trinajstić information content (AvgIpc) is 3.13. The van der Waals surface area contributed by atoms with Gasteiger partial charge in [-0.2, -0.15) is 0 Å². The molecule has 1 saturated heterocycles. The Morgan fingerprint density at radius 3 is 2.38 bits per heavy atom. The van der Waals surface area contributed by atoms with Crippen molar-refractivity contribution in [2.45, 2.75) is 12.8 Å². The molecule has 0 radical (unpaired) electrons. The normalized spacial score (nSPS) is 14.8. The zero-order chi connectivity index (χ0) is 16.4. The minimum absolute atomic E-state index is 0.305. The molecule has 24 heavy (non-hydrogen) atoms. The third-order valence-corrected chi connectivity index (χ3v) is 4.06. The maximum atomic E-state index is 11.3. The van der Waals surface area contributed by atoms with E-state index in [2.05, 4.69) is 15.0 Å². The molecule has 120 valence electrons. The molecule has 6 heteroatoms. The van der Waals surface area contributed by atoms with Gasteiger partial charge in [-0.05, 0) is 12.1 Å². The molecule has 3 heterocycles. The molecular weight excluding hydrogens is 304 g/mol. The van der Waals surface area contributed by atoms with Crippen molar-refractivity contribution in [2.75, 3.05) is 18.0 Å². The van der Waals surface area contributed by atoms with E-state index in [-0.39, 0.29) is 0 Å². The Bertz CT molecular complexity index is 833. The number of oxazole rings is 1. The highest BCUT2D eigenvalue weighted by Gasteiger charge is 2.18. The number of piperidine rings is 1. The zero-order valence-electron chi connectivity index (χ0n) is 13.1. The van der Waals surface area contributed by atoms with Crippen molar-refractivity contribution < 1.29 is 9.21 Å². The number of benzene rings is 1. The summed E-state index contributed by atoms with van der Waals surface area (Å²) in [6.45, 7) is 1.36. The Labute approximate surface area is 139 Å². The van der Waals surface area contributed by atoms with Crippen LogP contribution >= 0.6 is 0 Å². The smallest absolute Gasteiger partial charge is 0.226 e. The fraction of sp³-hybridized carbons (Fsp3) is 0.222. The van der Waals surface area contributed by atoms with Crippen LogP contribution in [0.1, 0.15) is 12.8 Å². The minimum Gasteiger partial charge on any atom is -0.444 e. The van der Waals surface area contributed by atoms with Gasteiger partial charge in [-0.3, -0.25) is 4.79 Å². The molecule has 0 atom stereocenters. The Kier molecular flexibility index (Phi) is 3.78. The number of hydrogen-bond donors (Lipinski definition) is 0. The standard InChI is InChI=1S/C18H16N4O2/c23-15-6-8-22(9-7-15)18-19-10-14(11-20-18)16-12-24-17(21-16)13-4-2-1-3-5-13/h1-5,10-12H,6-9H2. The minimum atomic E-state index is 0.305. The summed E-state index contributed by atoms with van der Waals surface area (Å²) in [5.74, 6) is 1.53. The molecule has 0 unspecified atom stereocenters. The molecular formula is C18H16N4O2. The van der Waals surface area contributed by atoms with Gasteiger partial charge in [-0.15, -0.1) is 0 Å². The SMILES string of the molecule is O=C1CCN(c2ncc(-c3coc(-c4ccccc4)n3)cn2)CC1. The predicted molar refractivity (Wildman–Crippen MR) is 89.4 cm³/mol. The van der Waals surface area contributed by atoms with Crippen molar-refractivity contribution in [1.82, 2.24) is 15.0 Å². The van der Waals surface area contributed by atoms with Crippen LogP contribution in [0.2, 0.25) is 0 Å². The van der Waals surface area contributed by atoms with E-state index in [9.17, 15) is 4.79 Å². The molecule has 0 spiro atoms. The van der Waals surface area contributed by atoms with Gasteiger partial charge in [0.2, 0.25) is 11.8 Å². The summed E-state index contributed by atoms with van der Waals surface area (Å²) in [5, 5.41) is 0. The van der Waals surface area contributed by atoms with Crippen molar-refractivity contribution >= 4 is 11.7 Å². The summed E-state index contributed by atoms with van der Waals surface area (Å²) < 4.78 is 5.55. The lowest BCUT2D eigenvalue weighted by molar-refractivity contribution is -0.119. The molecule has 0 amide bonds. The lowest BCUT2D eigenvalue weighted by Gasteiger charge is -2.25. The van der Waals surface area contributed by atoms with Crippen molar-refractivity contribution in [2.24, 2.45) is 0 Å². The molecule has 0 saturated carbocycles. The summed E-state index contributed by atoms with van der Waals surface area (Å²) in [5.41, 5.74) is 2.44. The van der Waals surface area contributed by atoms with Crippen LogP contribution in [0.4, 0.5) is 5.95 Å². The lowest BCUT2D eigenvalue weighted by Crippen LogP contribution is -2.34. The highest BCUT2D eigenvalue weighted by atomic mass is 16.3. The number of carbonyl (C=O) groups excluding carboxylic acids is 1. The summed E-state index contributed by atoms with van der Waals surface area (Å²) in [4.78, 5) is 26.7. The number of ketones is 1. The quantitative estimate of drug-likeness (QED) is 0.739. The molecule has 1 aromatic carbocycles. The Balaban J connectivity index is 1.53. The second-order valence-electron chi connectivity index (χ2n) is 5.70. The van der Waals surface area contributed by atoms with Crippen LogP contribution in [0.3, 0.4) is 0 Å².